The fourth-order valence-electron chi connectivity index (χ4n) is 2.08. The minimum atomic E-state index is -0.256. The van der Waals surface area contributed by atoms with Gasteiger partial charge in [0.25, 0.3) is 0 Å². The van der Waals surface area contributed by atoms with E-state index in [1.807, 2.05) is 26.1 Å². The van der Waals surface area contributed by atoms with Crippen LogP contribution in [0.4, 0.5) is 10.1 Å². The molecular formula is C15H18FN3. The van der Waals surface area contributed by atoms with Gasteiger partial charge in [0.1, 0.15) is 5.82 Å². The van der Waals surface area contributed by atoms with E-state index >= 15 is 0 Å². The van der Waals surface area contributed by atoms with E-state index in [1.165, 1.54) is 12.1 Å². The average Bonchev–Trinajstić information content (AvgIpc) is 2.39. The van der Waals surface area contributed by atoms with Gasteiger partial charge in [-0.05, 0) is 48.4 Å². The summed E-state index contributed by atoms with van der Waals surface area (Å²) in [5, 5.41) is 0. The molecule has 2 rings (SSSR count). The molecule has 1 aromatic heterocycles. The van der Waals surface area contributed by atoms with Crippen molar-refractivity contribution in [2.75, 3.05) is 11.9 Å². The Kier molecular flexibility index (Phi) is 4.12. The summed E-state index contributed by atoms with van der Waals surface area (Å²) in [6.07, 6.45) is 3.53. The van der Waals surface area contributed by atoms with Crippen molar-refractivity contribution < 1.29 is 4.39 Å². The summed E-state index contributed by atoms with van der Waals surface area (Å²) in [5.41, 5.74) is 8.83. The van der Waals surface area contributed by atoms with Crippen LogP contribution in [0, 0.1) is 5.82 Å². The molecule has 1 heterocycles. The van der Waals surface area contributed by atoms with Crippen molar-refractivity contribution in [2.24, 2.45) is 5.73 Å². The zero-order valence-corrected chi connectivity index (χ0v) is 11.2. The molecule has 100 valence electrons. The molecule has 1 atom stereocenters. The molecule has 2 N–H and O–H groups in total. The van der Waals surface area contributed by atoms with Gasteiger partial charge in [-0.15, -0.1) is 0 Å². The fraction of sp³-hybridized carbons (Fsp3) is 0.267. The van der Waals surface area contributed by atoms with E-state index in [0.717, 1.165) is 23.4 Å². The number of hydrogen-bond acceptors (Lipinski definition) is 3. The highest BCUT2D eigenvalue weighted by Gasteiger charge is 2.12. The van der Waals surface area contributed by atoms with Gasteiger partial charge < -0.3 is 10.6 Å². The average molecular weight is 259 g/mol. The Balaban J connectivity index is 2.26. The molecule has 3 nitrogen and oxygen atoms in total. The molecule has 4 heteroatoms. The predicted octanol–water partition coefficient (Wildman–Crippen LogP) is 2.88. The first kappa shape index (κ1) is 13.5. The first-order valence-electron chi connectivity index (χ1n) is 6.23. The highest BCUT2D eigenvalue weighted by Crippen LogP contribution is 2.26. The molecule has 0 fully saturated rings. The van der Waals surface area contributed by atoms with Gasteiger partial charge in [0, 0.05) is 37.7 Å². The minimum Gasteiger partial charge on any atom is -0.370 e. The third-order valence-corrected chi connectivity index (χ3v) is 3.06. The minimum absolute atomic E-state index is 0.203. The second kappa shape index (κ2) is 5.80. The van der Waals surface area contributed by atoms with Crippen molar-refractivity contribution in [3.63, 3.8) is 0 Å². The Hall–Kier alpha value is -1.94. The molecule has 0 radical (unpaired) electrons. The van der Waals surface area contributed by atoms with Gasteiger partial charge in [0.15, 0.2) is 0 Å². The maximum absolute atomic E-state index is 13.3. The maximum Gasteiger partial charge on any atom is 0.123 e. The molecule has 19 heavy (non-hydrogen) atoms. The highest BCUT2D eigenvalue weighted by atomic mass is 19.1. The molecule has 0 spiro atoms. The number of hydrogen-bond donors (Lipinski definition) is 1. The monoisotopic (exact) mass is 259 g/mol. The predicted molar refractivity (Wildman–Crippen MR) is 75.3 cm³/mol. The second-order valence-electron chi connectivity index (χ2n) is 4.70. The van der Waals surface area contributed by atoms with Crippen molar-refractivity contribution in [3.05, 3.63) is 59.7 Å². The highest BCUT2D eigenvalue weighted by molar-refractivity contribution is 5.54. The molecule has 0 aliphatic carbocycles. The molecule has 0 saturated carbocycles. The molecule has 0 unspecified atom stereocenters. The zero-order chi connectivity index (χ0) is 13.8. The molecule has 0 aliphatic rings. The van der Waals surface area contributed by atoms with Gasteiger partial charge >= 0.3 is 0 Å². The smallest absolute Gasteiger partial charge is 0.123 e. The lowest BCUT2D eigenvalue weighted by molar-refractivity contribution is 0.622. The molecular weight excluding hydrogens is 241 g/mol. The first-order chi connectivity index (χ1) is 9.08. The van der Waals surface area contributed by atoms with E-state index in [2.05, 4.69) is 9.88 Å². The summed E-state index contributed by atoms with van der Waals surface area (Å²) in [4.78, 5) is 6.06. The molecule has 1 aromatic carbocycles. The topological polar surface area (TPSA) is 42.1 Å². The van der Waals surface area contributed by atoms with E-state index in [0.29, 0.717) is 0 Å². The van der Waals surface area contributed by atoms with Crippen LogP contribution < -0.4 is 10.6 Å². The van der Waals surface area contributed by atoms with Gasteiger partial charge in [-0.1, -0.05) is 0 Å². The number of aromatic nitrogens is 1. The van der Waals surface area contributed by atoms with Crippen molar-refractivity contribution >= 4 is 5.69 Å². The van der Waals surface area contributed by atoms with Crippen LogP contribution in [0.2, 0.25) is 0 Å². The number of nitrogens with two attached hydrogens (primary N) is 1. The van der Waals surface area contributed by atoms with Crippen LogP contribution in [0.25, 0.3) is 0 Å². The molecule has 0 saturated heterocycles. The van der Waals surface area contributed by atoms with Crippen LogP contribution in [0.5, 0.6) is 0 Å². The molecule has 2 aromatic rings. The quantitative estimate of drug-likeness (QED) is 0.918. The van der Waals surface area contributed by atoms with Crippen LogP contribution in [0.15, 0.2) is 42.7 Å². The molecule has 0 amide bonds. The summed E-state index contributed by atoms with van der Waals surface area (Å²) >= 11 is 0. The van der Waals surface area contributed by atoms with Gasteiger partial charge in [-0.25, -0.2) is 4.39 Å². The van der Waals surface area contributed by atoms with E-state index in [9.17, 15) is 4.39 Å². The van der Waals surface area contributed by atoms with E-state index in [-0.39, 0.29) is 11.9 Å². The van der Waals surface area contributed by atoms with E-state index < -0.39 is 0 Å². The van der Waals surface area contributed by atoms with Crippen molar-refractivity contribution in [1.82, 2.24) is 4.98 Å². The third kappa shape index (κ3) is 3.29. The lowest BCUT2D eigenvalue weighted by Gasteiger charge is -2.24. The number of rotatable bonds is 4. The van der Waals surface area contributed by atoms with Crippen LogP contribution in [-0.4, -0.2) is 12.0 Å². The summed E-state index contributed by atoms with van der Waals surface area (Å²) < 4.78 is 13.3. The number of anilines is 1. The SMILES string of the molecule is C[C@@H](N)c1cc(F)ccc1N(C)Cc1ccncc1. The normalized spacial score (nSPS) is 12.2. The largest absolute Gasteiger partial charge is 0.370 e. The number of benzene rings is 1. The van der Waals surface area contributed by atoms with Gasteiger partial charge in [0.2, 0.25) is 0 Å². The number of pyridine rings is 1. The summed E-state index contributed by atoms with van der Waals surface area (Å²) in [5.74, 6) is -0.256. The fourth-order valence-corrected chi connectivity index (χ4v) is 2.08. The third-order valence-electron chi connectivity index (χ3n) is 3.06. The van der Waals surface area contributed by atoms with Crippen LogP contribution in [0.3, 0.4) is 0 Å². The first-order valence-corrected chi connectivity index (χ1v) is 6.23. The molecule has 0 aliphatic heterocycles. The van der Waals surface area contributed by atoms with E-state index in [1.54, 1.807) is 18.5 Å². The lowest BCUT2D eigenvalue weighted by atomic mass is 10.1. The zero-order valence-electron chi connectivity index (χ0n) is 11.2. The second-order valence-corrected chi connectivity index (χ2v) is 4.70. The summed E-state index contributed by atoms with van der Waals surface area (Å²) in [6.45, 7) is 2.59. The van der Waals surface area contributed by atoms with Crippen LogP contribution >= 0.6 is 0 Å². The van der Waals surface area contributed by atoms with Crippen molar-refractivity contribution in [1.29, 1.82) is 0 Å². The Bertz CT molecular complexity index is 540. The Morgan fingerprint density at radius 3 is 2.58 bits per heavy atom. The van der Waals surface area contributed by atoms with Crippen molar-refractivity contribution in [2.45, 2.75) is 19.5 Å². The summed E-state index contributed by atoms with van der Waals surface area (Å²) in [6, 6.07) is 8.46. The lowest BCUT2D eigenvalue weighted by Crippen LogP contribution is -2.20. The van der Waals surface area contributed by atoms with Crippen molar-refractivity contribution in [3.8, 4) is 0 Å². The number of halogens is 1. The number of nitrogens with zero attached hydrogens (tertiary/aromatic N) is 2. The molecule has 0 bridgehead atoms. The summed E-state index contributed by atoms with van der Waals surface area (Å²) in [7, 11) is 1.97. The van der Waals surface area contributed by atoms with Gasteiger partial charge in [0.05, 0.1) is 0 Å². The van der Waals surface area contributed by atoms with E-state index in [4.69, 9.17) is 5.73 Å². The van der Waals surface area contributed by atoms with Gasteiger partial charge in [-0.2, -0.15) is 0 Å². The van der Waals surface area contributed by atoms with Crippen LogP contribution in [0.1, 0.15) is 24.1 Å². The Labute approximate surface area is 112 Å². The Morgan fingerprint density at radius 1 is 1.26 bits per heavy atom. The van der Waals surface area contributed by atoms with Crippen LogP contribution in [-0.2, 0) is 6.54 Å². The standard InChI is InChI=1S/C15H18FN3/c1-11(17)14-9-13(16)3-4-15(14)19(2)10-12-5-7-18-8-6-12/h3-9,11H,10,17H2,1-2H3/t11-/m1/s1. The Morgan fingerprint density at radius 2 is 1.95 bits per heavy atom. The van der Waals surface area contributed by atoms with Gasteiger partial charge in [-0.3, -0.25) is 4.98 Å². The maximum atomic E-state index is 13.3.